The molecule has 0 aromatic rings. The maximum Gasteiger partial charge on any atom is 0.338 e. The summed E-state index contributed by atoms with van der Waals surface area (Å²) in [6.45, 7) is 7.85. The second-order valence-electron chi connectivity index (χ2n) is 6.35. The molecule has 1 heterocycles. The van der Waals surface area contributed by atoms with E-state index in [9.17, 15) is 19.2 Å². The van der Waals surface area contributed by atoms with Gasteiger partial charge in [0, 0.05) is 13.8 Å². The van der Waals surface area contributed by atoms with Gasteiger partial charge in [-0.3, -0.25) is 14.4 Å². The first kappa shape index (κ1) is 19.6. The van der Waals surface area contributed by atoms with E-state index in [0.717, 1.165) is 0 Å². The maximum atomic E-state index is 12.3. The van der Waals surface area contributed by atoms with Gasteiger partial charge in [0.25, 0.3) is 0 Å². The Labute approximate surface area is 151 Å². The van der Waals surface area contributed by atoms with Gasteiger partial charge >= 0.3 is 17.9 Å². The van der Waals surface area contributed by atoms with E-state index in [4.69, 9.17) is 14.2 Å². The van der Waals surface area contributed by atoms with Crippen LogP contribution >= 0.6 is 0 Å². The van der Waals surface area contributed by atoms with E-state index >= 15 is 0 Å². The molecule has 1 aliphatic heterocycles. The minimum Gasteiger partial charge on any atom is -0.461 e. The van der Waals surface area contributed by atoms with Crippen molar-refractivity contribution in [3.05, 3.63) is 34.9 Å². The minimum absolute atomic E-state index is 0.000759. The summed E-state index contributed by atoms with van der Waals surface area (Å²) in [5.74, 6) is -1.77. The summed E-state index contributed by atoms with van der Waals surface area (Å²) in [5.41, 5.74) is 1.91. The minimum atomic E-state index is -0.743. The van der Waals surface area contributed by atoms with Crippen LogP contribution in [0.4, 0.5) is 0 Å². The van der Waals surface area contributed by atoms with Gasteiger partial charge in [-0.05, 0) is 42.6 Å². The van der Waals surface area contributed by atoms with Crippen molar-refractivity contribution in [2.24, 2.45) is 0 Å². The molecule has 2 aliphatic rings. The van der Waals surface area contributed by atoms with E-state index in [1.54, 1.807) is 13.0 Å². The molecule has 0 fully saturated rings. The Morgan fingerprint density at radius 2 is 1.92 bits per heavy atom. The summed E-state index contributed by atoms with van der Waals surface area (Å²) in [6.07, 6.45) is 1.01. The van der Waals surface area contributed by atoms with Gasteiger partial charge in [-0.15, -0.1) is 0 Å². The monoisotopic (exact) mass is 362 g/mol. The highest BCUT2D eigenvalue weighted by Crippen LogP contribution is 2.32. The van der Waals surface area contributed by atoms with Crippen molar-refractivity contribution >= 4 is 23.7 Å². The fraction of sp³-hybridized carbons (Fsp3) is 0.474. The van der Waals surface area contributed by atoms with Gasteiger partial charge in [0.05, 0.1) is 12.0 Å². The molecule has 7 nitrogen and oxygen atoms in total. The summed E-state index contributed by atoms with van der Waals surface area (Å²) in [5, 5.41) is 0. The molecule has 0 spiro atoms. The molecular weight excluding hydrogens is 340 g/mol. The molecule has 1 aliphatic carbocycles. The van der Waals surface area contributed by atoms with Crippen LogP contribution < -0.4 is 0 Å². The number of ketones is 1. The Morgan fingerprint density at radius 1 is 1.23 bits per heavy atom. The predicted octanol–water partition coefficient (Wildman–Crippen LogP) is 1.96. The standard InChI is InChI=1S/C19H22O7/c1-10-5-6-14-15(9-24-12(3)20)19(23)26-18(14)7-11(2)17(8-16(10)22)25-13(4)21/h7,17-18H,1,5-6,8-9H2,2-4H3. The summed E-state index contributed by atoms with van der Waals surface area (Å²) in [4.78, 5) is 46.9. The average Bonchev–Trinajstić information content (AvgIpc) is 2.83. The summed E-state index contributed by atoms with van der Waals surface area (Å²) >= 11 is 0. The van der Waals surface area contributed by atoms with Crippen molar-refractivity contribution in [2.75, 3.05) is 6.61 Å². The van der Waals surface area contributed by atoms with E-state index in [1.165, 1.54) is 13.8 Å². The van der Waals surface area contributed by atoms with Crippen molar-refractivity contribution in [3.8, 4) is 0 Å². The Bertz CT molecular complexity index is 726. The van der Waals surface area contributed by atoms with Gasteiger partial charge in [-0.25, -0.2) is 4.79 Å². The van der Waals surface area contributed by atoms with Crippen molar-refractivity contribution in [2.45, 2.75) is 52.2 Å². The van der Waals surface area contributed by atoms with Crippen LogP contribution in [-0.4, -0.2) is 42.5 Å². The Hall–Kier alpha value is -2.70. The number of hydrogen-bond acceptors (Lipinski definition) is 7. The van der Waals surface area contributed by atoms with Crippen LogP contribution in [0.1, 0.15) is 40.0 Å². The molecule has 0 aromatic heterocycles. The zero-order valence-corrected chi connectivity index (χ0v) is 15.1. The zero-order chi connectivity index (χ0) is 19.4. The van der Waals surface area contributed by atoms with E-state index < -0.39 is 30.1 Å². The van der Waals surface area contributed by atoms with Crippen LogP contribution in [0, 0.1) is 0 Å². The molecule has 2 unspecified atom stereocenters. The SMILES string of the molecule is C=C1CCC2=C(COC(C)=O)C(=O)OC2C=C(C)C(OC(C)=O)CC1=O. The lowest BCUT2D eigenvalue weighted by atomic mass is 9.90. The Kier molecular flexibility index (Phi) is 6.13. The first-order valence-corrected chi connectivity index (χ1v) is 8.31. The number of Topliss-reactive ketones (excluding diaryl/α,β-unsaturated/α-hetero) is 1. The molecular formula is C19H22O7. The molecule has 0 aromatic carbocycles. The molecule has 0 radical (unpaired) electrons. The summed E-state index contributed by atoms with van der Waals surface area (Å²) in [6, 6.07) is 0. The second kappa shape index (κ2) is 8.12. The first-order valence-electron chi connectivity index (χ1n) is 8.31. The summed E-state index contributed by atoms with van der Waals surface area (Å²) in [7, 11) is 0. The number of hydrogen-bond donors (Lipinski definition) is 0. The van der Waals surface area contributed by atoms with Crippen LogP contribution in [-0.2, 0) is 33.4 Å². The maximum absolute atomic E-state index is 12.3. The van der Waals surface area contributed by atoms with E-state index in [1.807, 2.05) is 0 Å². The average molecular weight is 362 g/mol. The predicted molar refractivity (Wildman–Crippen MR) is 90.8 cm³/mol. The van der Waals surface area contributed by atoms with Crippen molar-refractivity contribution in [1.82, 2.24) is 0 Å². The zero-order valence-electron chi connectivity index (χ0n) is 15.1. The number of fused-ring (bicyclic) bond motifs is 1. The molecule has 0 bridgehead atoms. The molecule has 0 saturated carbocycles. The third-order valence-electron chi connectivity index (χ3n) is 4.32. The smallest absolute Gasteiger partial charge is 0.338 e. The highest BCUT2D eigenvalue weighted by atomic mass is 16.6. The Balaban J connectivity index is 2.41. The van der Waals surface area contributed by atoms with Crippen LogP contribution in [0.5, 0.6) is 0 Å². The first-order chi connectivity index (χ1) is 12.2. The lowest BCUT2D eigenvalue weighted by Crippen LogP contribution is -2.25. The quantitative estimate of drug-likeness (QED) is 0.328. The van der Waals surface area contributed by atoms with Crippen LogP contribution in [0.15, 0.2) is 34.9 Å². The molecule has 7 heteroatoms. The van der Waals surface area contributed by atoms with Gasteiger partial charge in [0.2, 0.25) is 0 Å². The van der Waals surface area contributed by atoms with Crippen molar-refractivity contribution in [3.63, 3.8) is 0 Å². The highest BCUT2D eigenvalue weighted by molar-refractivity contribution is 5.96. The number of esters is 3. The molecule has 0 amide bonds. The highest BCUT2D eigenvalue weighted by Gasteiger charge is 2.35. The van der Waals surface area contributed by atoms with Crippen LogP contribution in [0.25, 0.3) is 0 Å². The molecule has 2 atom stereocenters. The van der Waals surface area contributed by atoms with E-state index in [-0.39, 0.29) is 24.4 Å². The third-order valence-corrected chi connectivity index (χ3v) is 4.32. The van der Waals surface area contributed by atoms with Gasteiger partial charge in [-0.1, -0.05) is 6.58 Å². The van der Waals surface area contributed by atoms with Crippen molar-refractivity contribution < 1.29 is 33.4 Å². The van der Waals surface area contributed by atoms with Crippen LogP contribution in [0.3, 0.4) is 0 Å². The summed E-state index contributed by atoms with van der Waals surface area (Å²) < 4.78 is 15.6. The van der Waals surface area contributed by atoms with Gasteiger partial charge < -0.3 is 14.2 Å². The topological polar surface area (TPSA) is 96.0 Å². The van der Waals surface area contributed by atoms with E-state index in [0.29, 0.717) is 29.6 Å². The second-order valence-corrected chi connectivity index (χ2v) is 6.35. The normalized spacial score (nSPS) is 23.8. The lowest BCUT2D eigenvalue weighted by molar-refractivity contribution is -0.146. The molecule has 140 valence electrons. The molecule has 26 heavy (non-hydrogen) atoms. The van der Waals surface area contributed by atoms with Crippen LogP contribution in [0.2, 0.25) is 0 Å². The molecule has 0 N–H and O–H groups in total. The fourth-order valence-electron chi connectivity index (χ4n) is 2.89. The number of rotatable bonds is 3. The number of allylic oxidation sites excluding steroid dienone is 1. The number of carbonyl (C=O) groups excluding carboxylic acids is 4. The van der Waals surface area contributed by atoms with Gasteiger partial charge in [0.15, 0.2) is 5.78 Å². The van der Waals surface area contributed by atoms with Gasteiger partial charge in [-0.2, -0.15) is 0 Å². The van der Waals surface area contributed by atoms with Crippen molar-refractivity contribution in [1.29, 1.82) is 0 Å². The Morgan fingerprint density at radius 3 is 2.54 bits per heavy atom. The number of carbonyl (C=O) groups is 4. The largest absolute Gasteiger partial charge is 0.461 e. The fourth-order valence-corrected chi connectivity index (χ4v) is 2.89. The number of ether oxygens (including phenoxy) is 3. The van der Waals surface area contributed by atoms with Gasteiger partial charge in [0.1, 0.15) is 18.8 Å². The molecule has 0 saturated heterocycles. The molecule has 2 rings (SSSR count). The third kappa shape index (κ3) is 4.68. The lowest BCUT2D eigenvalue weighted by Gasteiger charge is -2.21. The van der Waals surface area contributed by atoms with E-state index in [2.05, 4.69) is 6.58 Å².